The van der Waals surface area contributed by atoms with Gasteiger partial charge in [-0.2, -0.15) is 0 Å². The van der Waals surface area contributed by atoms with Gasteiger partial charge < -0.3 is 15.4 Å². The fourth-order valence-electron chi connectivity index (χ4n) is 2.36. The number of ether oxygens (including phenoxy) is 1. The molecule has 0 fully saturated rings. The molecule has 0 radical (unpaired) electrons. The molecule has 21 heavy (non-hydrogen) atoms. The van der Waals surface area contributed by atoms with E-state index in [2.05, 4.69) is 10.6 Å². The third kappa shape index (κ3) is 3.28. The van der Waals surface area contributed by atoms with Crippen molar-refractivity contribution in [1.82, 2.24) is 5.32 Å². The lowest BCUT2D eigenvalue weighted by Crippen LogP contribution is -2.35. The summed E-state index contributed by atoms with van der Waals surface area (Å²) in [4.78, 5) is 12.1. The maximum absolute atomic E-state index is 12.1. The first-order valence-electron chi connectivity index (χ1n) is 6.77. The highest BCUT2D eigenvalue weighted by Crippen LogP contribution is 2.33. The van der Waals surface area contributed by atoms with Gasteiger partial charge >= 0.3 is 6.03 Å². The number of carbonyl (C=O) groups is 1. The molecule has 1 unspecified atom stereocenters. The summed E-state index contributed by atoms with van der Waals surface area (Å²) in [5, 5.41) is 6.41. The molecule has 5 heteroatoms. The molecule has 0 saturated heterocycles. The Morgan fingerprint density at radius 1 is 1.19 bits per heavy atom. The van der Waals surface area contributed by atoms with Gasteiger partial charge in [0.2, 0.25) is 0 Å². The maximum atomic E-state index is 12.1. The molecule has 2 aromatic carbocycles. The minimum absolute atomic E-state index is 0.101. The van der Waals surface area contributed by atoms with Crippen molar-refractivity contribution < 1.29 is 9.53 Å². The Balaban J connectivity index is 1.71. The van der Waals surface area contributed by atoms with E-state index >= 15 is 0 Å². The zero-order valence-corrected chi connectivity index (χ0v) is 12.1. The average molecular weight is 303 g/mol. The number of hydrogen-bond donors (Lipinski definition) is 2. The number of fused-ring (bicyclic) bond motifs is 1. The topological polar surface area (TPSA) is 50.4 Å². The summed E-state index contributed by atoms with van der Waals surface area (Å²) >= 11 is 6.02. The zero-order chi connectivity index (χ0) is 14.7. The summed E-state index contributed by atoms with van der Waals surface area (Å²) < 4.78 is 5.58. The van der Waals surface area contributed by atoms with Crippen LogP contribution in [0.15, 0.2) is 48.5 Å². The number of nitrogens with one attached hydrogen (secondary N) is 2. The first-order valence-corrected chi connectivity index (χ1v) is 7.15. The fraction of sp³-hybridized carbons (Fsp3) is 0.188. The van der Waals surface area contributed by atoms with E-state index in [1.165, 1.54) is 0 Å². The van der Waals surface area contributed by atoms with Crippen LogP contribution in [-0.4, -0.2) is 12.6 Å². The van der Waals surface area contributed by atoms with E-state index in [1.54, 1.807) is 6.07 Å². The Bertz CT molecular complexity index is 646. The lowest BCUT2D eigenvalue weighted by atomic mass is 10.0. The highest BCUT2D eigenvalue weighted by Gasteiger charge is 2.23. The summed E-state index contributed by atoms with van der Waals surface area (Å²) in [6, 6.07) is 14.5. The van der Waals surface area contributed by atoms with Crippen molar-refractivity contribution in [3.8, 4) is 5.75 Å². The van der Waals surface area contributed by atoms with Crippen molar-refractivity contribution in [3.05, 3.63) is 59.1 Å². The smallest absolute Gasteiger partial charge is 0.319 e. The van der Waals surface area contributed by atoms with Crippen LogP contribution in [0, 0.1) is 0 Å². The van der Waals surface area contributed by atoms with Gasteiger partial charge in [-0.15, -0.1) is 0 Å². The molecule has 0 bridgehead atoms. The predicted octanol–water partition coefficient (Wildman–Crippen LogP) is 3.99. The zero-order valence-electron chi connectivity index (χ0n) is 11.3. The molecular formula is C16H15ClN2O2. The van der Waals surface area contributed by atoms with Crippen molar-refractivity contribution in [2.75, 3.05) is 11.9 Å². The van der Waals surface area contributed by atoms with Crippen molar-refractivity contribution in [3.63, 3.8) is 0 Å². The summed E-state index contributed by atoms with van der Waals surface area (Å²) in [5.41, 5.74) is 1.67. The predicted molar refractivity (Wildman–Crippen MR) is 82.9 cm³/mol. The van der Waals surface area contributed by atoms with Gasteiger partial charge in [-0.3, -0.25) is 0 Å². The van der Waals surface area contributed by atoms with Crippen LogP contribution in [0.4, 0.5) is 10.5 Å². The van der Waals surface area contributed by atoms with Crippen LogP contribution in [0.1, 0.15) is 18.0 Å². The maximum Gasteiger partial charge on any atom is 0.319 e. The normalized spacial score (nSPS) is 16.5. The summed E-state index contributed by atoms with van der Waals surface area (Å²) in [6.45, 7) is 0.574. The van der Waals surface area contributed by atoms with Crippen molar-refractivity contribution in [2.45, 2.75) is 12.5 Å². The number of rotatable bonds is 2. The highest BCUT2D eigenvalue weighted by molar-refractivity contribution is 6.30. The molecule has 0 saturated carbocycles. The van der Waals surface area contributed by atoms with Crippen LogP contribution in [0.3, 0.4) is 0 Å². The van der Waals surface area contributed by atoms with E-state index in [1.807, 2.05) is 42.5 Å². The van der Waals surface area contributed by atoms with E-state index in [9.17, 15) is 4.79 Å². The van der Waals surface area contributed by atoms with Gasteiger partial charge in [-0.25, -0.2) is 4.79 Å². The molecule has 1 aliphatic rings. The molecule has 4 nitrogen and oxygen atoms in total. The minimum Gasteiger partial charge on any atom is -0.493 e. The van der Waals surface area contributed by atoms with Crippen molar-refractivity contribution in [2.24, 2.45) is 0 Å². The molecule has 108 valence electrons. The van der Waals surface area contributed by atoms with Gasteiger partial charge in [0.1, 0.15) is 5.75 Å². The Hall–Kier alpha value is -2.20. The average Bonchev–Trinajstić information content (AvgIpc) is 2.49. The number of urea groups is 1. The Morgan fingerprint density at radius 2 is 2.00 bits per heavy atom. The summed E-state index contributed by atoms with van der Waals surface area (Å²) in [6.07, 6.45) is 0.718. The number of amides is 2. The van der Waals surface area contributed by atoms with Gasteiger partial charge in [0.15, 0.2) is 0 Å². The molecule has 0 spiro atoms. The van der Waals surface area contributed by atoms with E-state index in [4.69, 9.17) is 16.3 Å². The Kier molecular flexibility index (Phi) is 3.97. The third-order valence-corrected chi connectivity index (χ3v) is 3.58. The first-order chi connectivity index (χ1) is 10.2. The van der Waals surface area contributed by atoms with E-state index in [-0.39, 0.29) is 12.1 Å². The Morgan fingerprint density at radius 3 is 2.81 bits per heavy atom. The van der Waals surface area contributed by atoms with E-state index in [0.717, 1.165) is 23.4 Å². The molecule has 3 rings (SSSR count). The lowest BCUT2D eigenvalue weighted by Gasteiger charge is -2.27. The van der Waals surface area contributed by atoms with Crippen LogP contribution in [0.5, 0.6) is 5.75 Å². The molecule has 2 amide bonds. The van der Waals surface area contributed by atoms with Crippen molar-refractivity contribution in [1.29, 1.82) is 0 Å². The van der Waals surface area contributed by atoms with Gasteiger partial charge in [-0.1, -0.05) is 29.8 Å². The monoisotopic (exact) mass is 302 g/mol. The SMILES string of the molecule is O=C(Nc1ccccc1)NC1CCOc2ccc(Cl)cc21. The minimum atomic E-state index is -0.237. The number of hydrogen-bond acceptors (Lipinski definition) is 2. The number of halogens is 1. The van der Waals surface area contributed by atoms with Crippen LogP contribution >= 0.6 is 11.6 Å². The molecule has 2 aromatic rings. The van der Waals surface area contributed by atoms with E-state index < -0.39 is 0 Å². The Labute approximate surface area is 128 Å². The first kappa shape index (κ1) is 13.8. The molecule has 0 aliphatic carbocycles. The summed E-state index contributed by atoms with van der Waals surface area (Å²) in [7, 11) is 0. The number of benzene rings is 2. The van der Waals surface area contributed by atoms with E-state index in [0.29, 0.717) is 11.6 Å². The van der Waals surface area contributed by atoms with Crippen LogP contribution < -0.4 is 15.4 Å². The third-order valence-electron chi connectivity index (χ3n) is 3.35. The summed E-state index contributed by atoms with van der Waals surface area (Å²) in [5.74, 6) is 0.774. The lowest BCUT2D eigenvalue weighted by molar-refractivity contribution is 0.232. The molecule has 1 aliphatic heterocycles. The molecule has 1 atom stereocenters. The number of anilines is 1. The van der Waals surface area contributed by atoms with Gasteiger partial charge in [0.25, 0.3) is 0 Å². The quantitative estimate of drug-likeness (QED) is 0.881. The van der Waals surface area contributed by atoms with Crippen molar-refractivity contribution >= 4 is 23.3 Å². The number of para-hydroxylation sites is 1. The number of carbonyl (C=O) groups excluding carboxylic acids is 1. The van der Waals surface area contributed by atoms with Crippen LogP contribution in [0.2, 0.25) is 5.02 Å². The second-order valence-electron chi connectivity index (χ2n) is 4.84. The molecule has 2 N–H and O–H groups in total. The molecular weight excluding hydrogens is 288 g/mol. The van der Waals surface area contributed by atoms with Crippen LogP contribution in [-0.2, 0) is 0 Å². The van der Waals surface area contributed by atoms with Gasteiger partial charge in [-0.05, 0) is 30.3 Å². The highest BCUT2D eigenvalue weighted by atomic mass is 35.5. The van der Waals surface area contributed by atoms with Crippen LogP contribution in [0.25, 0.3) is 0 Å². The molecule has 1 heterocycles. The second kappa shape index (κ2) is 6.06. The second-order valence-corrected chi connectivity index (χ2v) is 5.27. The standard InChI is InChI=1S/C16H15ClN2O2/c17-11-6-7-15-13(10-11)14(8-9-21-15)19-16(20)18-12-4-2-1-3-5-12/h1-7,10,14H,8-9H2,(H2,18,19,20). The van der Waals surface area contributed by atoms with Gasteiger partial charge in [0.05, 0.1) is 12.6 Å². The van der Waals surface area contributed by atoms with Gasteiger partial charge in [0, 0.05) is 22.7 Å². The largest absolute Gasteiger partial charge is 0.493 e. The fourth-order valence-corrected chi connectivity index (χ4v) is 2.54. The molecule has 0 aromatic heterocycles.